The van der Waals surface area contributed by atoms with Gasteiger partial charge in [-0.3, -0.25) is 9.59 Å². The Morgan fingerprint density at radius 3 is 2.06 bits per heavy atom. The molecule has 1 heterocycles. The summed E-state index contributed by atoms with van der Waals surface area (Å²) in [6.07, 6.45) is 0. The molecule has 7 heteroatoms. The van der Waals surface area contributed by atoms with Gasteiger partial charge in [0.1, 0.15) is 5.71 Å². The van der Waals surface area contributed by atoms with Crippen LogP contribution in [0.15, 0.2) is 90.0 Å². The topological polar surface area (TPSA) is 77.0 Å². The molecule has 3 aromatic rings. The summed E-state index contributed by atoms with van der Waals surface area (Å²) < 4.78 is 0. The molecule has 3 aromatic carbocycles. The van der Waals surface area contributed by atoms with Gasteiger partial charge in [-0.2, -0.15) is 10.1 Å². The highest BCUT2D eigenvalue weighted by atomic mass is 16.2. The molecule has 1 aliphatic heterocycles. The Morgan fingerprint density at radius 1 is 0.912 bits per heavy atom. The lowest BCUT2D eigenvalue weighted by atomic mass is 9.95. The number of para-hydroxylation sites is 1. The quantitative estimate of drug-likeness (QED) is 0.499. The number of rotatable bonds is 8. The fourth-order valence-corrected chi connectivity index (χ4v) is 4.18. The third kappa shape index (κ3) is 4.37. The molecule has 7 nitrogen and oxygen atoms in total. The lowest BCUT2D eigenvalue weighted by Crippen LogP contribution is -2.64. The van der Waals surface area contributed by atoms with Crippen molar-refractivity contribution >= 4 is 34.6 Å². The van der Waals surface area contributed by atoms with Crippen LogP contribution in [0.3, 0.4) is 0 Å². The fraction of sp³-hybridized carbons (Fsp3) is 0.222. The van der Waals surface area contributed by atoms with Gasteiger partial charge in [0.25, 0.3) is 0 Å². The first-order chi connectivity index (χ1) is 16.5. The van der Waals surface area contributed by atoms with Crippen molar-refractivity contribution in [1.82, 2.24) is 5.32 Å². The molecule has 174 valence electrons. The van der Waals surface area contributed by atoms with Crippen LogP contribution in [-0.2, 0) is 9.59 Å². The Labute approximate surface area is 200 Å². The van der Waals surface area contributed by atoms with Crippen LogP contribution < -0.4 is 20.5 Å². The summed E-state index contributed by atoms with van der Waals surface area (Å²) in [6.45, 7) is 7.41. The molecular weight excluding hydrogens is 426 g/mol. The van der Waals surface area contributed by atoms with Gasteiger partial charge in [0.05, 0.1) is 5.69 Å². The molecule has 0 aromatic heterocycles. The van der Waals surface area contributed by atoms with Crippen LogP contribution in [-0.4, -0.2) is 36.3 Å². The molecule has 2 amide bonds. The van der Waals surface area contributed by atoms with E-state index in [1.807, 2.05) is 84.9 Å². The lowest BCUT2D eigenvalue weighted by molar-refractivity contribution is -0.127. The normalized spacial score (nSPS) is 17.3. The summed E-state index contributed by atoms with van der Waals surface area (Å²) in [5, 5.41) is 12.2. The Hall–Kier alpha value is -4.13. The fourth-order valence-electron chi connectivity index (χ4n) is 4.18. The zero-order valence-corrected chi connectivity index (χ0v) is 19.7. The largest absolute Gasteiger partial charge is 0.372 e. The number of anilines is 3. The number of carbonyl (C=O) groups excluding carboxylic acids is 2. The van der Waals surface area contributed by atoms with Crippen LogP contribution >= 0.6 is 0 Å². The highest BCUT2D eigenvalue weighted by Gasteiger charge is 2.53. The van der Waals surface area contributed by atoms with Gasteiger partial charge in [0, 0.05) is 37.0 Å². The van der Waals surface area contributed by atoms with Crippen molar-refractivity contribution in [3.05, 3.63) is 90.5 Å². The number of hydrogen-bond donors (Lipinski definition) is 2. The van der Waals surface area contributed by atoms with Crippen molar-refractivity contribution in [2.24, 2.45) is 5.10 Å². The lowest BCUT2D eigenvalue weighted by Gasteiger charge is -2.32. The Bertz CT molecular complexity index is 1170. The zero-order chi connectivity index (χ0) is 24.1. The van der Waals surface area contributed by atoms with Gasteiger partial charge in [-0.1, -0.05) is 48.5 Å². The van der Waals surface area contributed by atoms with Gasteiger partial charge in [-0.05, 0) is 50.2 Å². The first kappa shape index (κ1) is 23.0. The van der Waals surface area contributed by atoms with Crippen LogP contribution in [0.1, 0.15) is 26.3 Å². The predicted molar refractivity (Wildman–Crippen MR) is 137 cm³/mol. The molecule has 34 heavy (non-hydrogen) atoms. The highest BCUT2D eigenvalue weighted by molar-refractivity contribution is 6.30. The third-order valence-electron chi connectivity index (χ3n) is 5.81. The van der Waals surface area contributed by atoms with E-state index in [-0.39, 0.29) is 11.8 Å². The number of carbonyl (C=O) groups is 2. The number of hydrogen-bond acceptors (Lipinski definition) is 5. The predicted octanol–water partition coefficient (Wildman–Crippen LogP) is 4.23. The smallest absolute Gasteiger partial charge is 0.300 e. The van der Waals surface area contributed by atoms with E-state index in [1.165, 1.54) is 11.9 Å². The van der Waals surface area contributed by atoms with Crippen molar-refractivity contribution in [2.45, 2.75) is 26.4 Å². The van der Waals surface area contributed by atoms with Gasteiger partial charge in [0.15, 0.2) is 0 Å². The first-order valence-electron chi connectivity index (χ1n) is 11.4. The molecule has 1 aliphatic rings. The number of nitrogens with zero attached hydrogens (tertiary/aromatic N) is 3. The number of benzene rings is 3. The minimum atomic E-state index is -1.57. The number of nitrogens with one attached hydrogen (secondary N) is 2. The molecule has 0 fully saturated rings. The van der Waals surface area contributed by atoms with Crippen molar-refractivity contribution in [3.8, 4) is 0 Å². The molecule has 0 spiro atoms. The molecule has 0 saturated carbocycles. The SMILES string of the molecule is CCN(CC)c1ccc(NC2(NC(C)=O)C(=O)N(c3ccccc3)N=C2c2ccccc2)cc1. The molecule has 4 rings (SSSR count). The van der Waals surface area contributed by atoms with E-state index >= 15 is 0 Å². The zero-order valence-electron chi connectivity index (χ0n) is 19.7. The van der Waals surface area contributed by atoms with E-state index in [0.717, 1.165) is 24.3 Å². The van der Waals surface area contributed by atoms with Crippen molar-refractivity contribution in [3.63, 3.8) is 0 Å². The van der Waals surface area contributed by atoms with Crippen molar-refractivity contribution < 1.29 is 9.59 Å². The van der Waals surface area contributed by atoms with Gasteiger partial charge in [0.2, 0.25) is 11.6 Å². The monoisotopic (exact) mass is 455 g/mol. The molecule has 0 bridgehead atoms. The third-order valence-corrected chi connectivity index (χ3v) is 5.81. The molecule has 1 unspecified atom stereocenters. The van der Waals surface area contributed by atoms with Crippen LogP contribution in [0.2, 0.25) is 0 Å². The van der Waals surface area contributed by atoms with E-state index < -0.39 is 5.66 Å². The van der Waals surface area contributed by atoms with Crippen molar-refractivity contribution in [2.75, 3.05) is 28.3 Å². The average molecular weight is 456 g/mol. The maximum atomic E-state index is 13.9. The highest BCUT2D eigenvalue weighted by Crippen LogP contribution is 2.31. The number of amides is 2. The molecule has 0 radical (unpaired) electrons. The Balaban J connectivity index is 1.80. The standard InChI is InChI=1S/C27H29N5O2/c1-4-31(5-2)23-18-16-22(17-19-23)29-27(28-20(3)33)25(21-12-8-6-9-13-21)30-32(26(27)34)24-14-10-7-11-15-24/h6-19,29H,4-5H2,1-3H3,(H,28,33). The van der Waals surface area contributed by atoms with Gasteiger partial charge < -0.3 is 15.5 Å². The summed E-state index contributed by atoms with van der Waals surface area (Å²) in [6, 6.07) is 26.4. The second kappa shape index (κ2) is 9.79. The maximum Gasteiger partial charge on any atom is 0.300 e. The van der Waals surface area contributed by atoms with E-state index in [2.05, 4.69) is 29.4 Å². The van der Waals surface area contributed by atoms with Crippen LogP contribution in [0.4, 0.5) is 17.1 Å². The van der Waals surface area contributed by atoms with Gasteiger partial charge >= 0.3 is 5.91 Å². The minimum Gasteiger partial charge on any atom is -0.372 e. The van der Waals surface area contributed by atoms with E-state index in [1.54, 1.807) is 0 Å². The maximum absolute atomic E-state index is 13.9. The molecule has 0 aliphatic carbocycles. The second-order valence-corrected chi connectivity index (χ2v) is 8.04. The molecule has 1 atom stereocenters. The summed E-state index contributed by atoms with van der Waals surface area (Å²) in [7, 11) is 0. The van der Waals surface area contributed by atoms with Gasteiger partial charge in [-0.15, -0.1) is 0 Å². The van der Waals surface area contributed by atoms with Gasteiger partial charge in [-0.25, -0.2) is 0 Å². The van der Waals surface area contributed by atoms with E-state index in [0.29, 0.717) is 17.1 Å². The number of hydrazone groups is 1. The van der Waals surface area contributed by atoms with Crippen molar-refractivity contribution in [1.29, 1.82) is 0 Å². The van der Waals surface area contributed by atoms with Crippen LogP contribution in [0.25, 0.3) is 0 Å². The summed E-state index contributed by atoms with van der Waals surface area (Å²) in [4.78, 5) is 28.6. The summed E-state index contributed by atoms with van der Waals surface area (Å²) >= 11 is 0. The minimum absolute atomic E-state index is 0.348. The van der Waals surface area contributed by atoms with Crippen LogP contribution in [0, 0.1) is 0 Å². The summed E-state index contributed by atoms with van der Waals surface area (Å²) in [5.41, 5.74) is 1.98. The molecule has 2 N–H and O–H groups in total. The van der Waals surface area contributed by atoms with E-state index in [9.17, 15) is 9.59 Å². The van der Waals surface area contributed by atoms with E-state index in [4.69, 9.17) is 5.10 Å². The molecule has 0 saturated heterocycles. The average Bonchev–Trinajstić information content (AvgIpc) is 3.13. The summed E-state index contributed by atoms with van der Waals surface area (Å²) in [5.74, 6) is -0.736. The second-order valence-electron chi connectivity index (χ2n) is 8.04. The molecular formula is C27H29N5O2. The first-order valence-corrected chi connectivity index (χ1v) is 11.4. The Kier molecular flexibility index (Phi) is 6.63. The Morgan fingerprint density at radius 2 is 1.50 bits per heavy atom. The van der Waals surface area contributed by atoms with Crippen LogP contribution in [0.5, 0.6) is 0 Å².